The third-order valence-corrected chi connectivity index (χ3v) is 1.20. The molecular weight excluding hydrogens is 146 g/mol. The third kappa shape index (κ3) is 2.94. The molecule has 0 aliphatic heterocycles. The van der Waals surface area contributed by atoms with Gasteiger partial charge in [0.15, 0.2) is 0 Å². The zero-order valence-electron chi connectivity index (χ0n) is 5.80. The first-order valence-corrected chi connectivity index (χ1v) is 3.20. The molecule has 0 aliphatic rings. The summed E-state index contributed by atoms with van der Waals surface area (Å²) in [6.45, 7) is 0. The van der Waals surface area contributed by atoms with E-state index in [1.807, 2.05) is 6.07 Å². The lowest BCUT2D eigenvalue weighted by atomic mass is 10.2. The Bertz CT molecular complexity index is 227. The summed E-state index contributed by atoms with van der Waals surface area (Å²) in [4.78, 5) is 0. The van der Waals surface area contributed by atoms with Crippen molar-refractivity contribution in [3.63, 3.8) is 0 Å². The molecule has 0 aromatic heterocycles. The van der Waals surface area contributed by atoms with Crippen LogP contribution in [0, 0.1) is 6.43 Å². The van der Waals surface area contributed by atoms with Gasteiger partial charge in [-0.3, -0.25) is 0 Å². The maximum atomic E-state index is 11.6. The molecule has 57 valence electrons. The first-order chi connectivity index (χ1) is 5.29. The van der Waals surface area contributed by atoms with Crippen molar-refractivity contribution in [2.45, 2.75) is 0 Å². The van der Waals surface area contributed by atoms with Crippen LogP contribution in [0.15, 0.2) is 36.4 Å². The number of halogens is 2. The average molecular weight is 153 g/mol. The third-order valence-electron chi connectivity index (χ3n) is 1.20. The van der Waals surface area contributed by atoms with Crippen LogP contribution in [-0.4, -0.2) is 0 Å². The molecule has 0 aliphatic carbocycles. The molecule has 0 fully saturated rings. The SMILES string of the molecule is F[C](F)C=Cc1ccccc1. The Kier molecular flexibility index (Phi) is 2.78. The van der Waals surface area contributed by atoms with E-state index < -0.39 is 6.43 Å². The fourth-order valence-corrected chi connectivity index (χ4v) is 0.723. The van der Waals surface area contributed by atoms with Crippen molar-refractivity contribution in [1.29, 1.82) is 0 Å². The van der Waals surface area contributed by atoms with Gasteiger partial charge in [0.05, 0.1) is 0 Å². The van der Waals surface area contributed by atoms with Crippen molar-refractivity contribution in [2.24, 2.45) is 0 Å². The Labute approximate surface area is 64.2 Å². The Hall–Kier alpha value is -1.18. The fraction of sp³-hybridized carbons (Fsp3) is 0. The van der Waals surface area contributed by atoms with Crippen LogP contribution in [0.2, 0.25) is 0 Å². The second-order valence-electron chi connectivity index (χ2n) is 2.03. The van der Waals surface area contributed by atoms with Gasteiger partial charge in [0.2, 0.25) is 0 Å². The molecule has 1 rings (SSSR count). The van der Waals surface area contributed by atoms with Crippen LogP contribution in [0.1, 0.15) is 5.56 Å². The van der Waals surface area contributed by atoms with E-state index in [9.17, 15) is 8.78 Å². The summed E-state index contributed by atoms with van der Waals surface area (Å²) in [5.41, 5.74) is 0.778. The largest absolute Gasteiger partial charge is 0.332 e. The normalized spacial score (nSPS) is 11.2. The Morgan fingerprint density at radius 1 is 1.09 bits per heavy atom. The van der Waals surface area contributed by atoms with Crippen molar-refractivity contribution in [3.05, 3.63) is 48.4 Å². The van der Waals surface area contributed by atoms with E-state index in [0.717, 1.165) is 11.6 Å². The van der Waals surface area contributed by atoms with Gasteiger partial charge in [0, 0.05) is 0 Å². The smallest absolute Gasteiger partial charge is 0.195 e. The van der Waals surface area contributed by atoms with Gasteiger partial charge in [-0.05, 0) is 11.6 Å². The number of benzene rings is 1. The van der Waals surface area contributed by atoms with Crippen LogP contribution in [-0.2, 0) is 0 Å². The predicted octanol–water partition coefficient (Wildman–Crippen LogP) is 3.13. The molecule has 0 atom stereocenters. The van der Waals surface area contributed by atoms with E-state index in [2.05, 4.69) is 0 Å². The predicted molar refractivity (Wildman–Crippen MR) is 40.9 cm³/mol. The molecule has 11 heavy (non-hydrogen) atoms. The summed E-state index contributed by atoms with van der Waals surface area (Å²) in [7, 11) is 0. The zero-order valence-corrected chi connectivity index (χ0v) is 5.80. The van der Waals surface area contributed by atoms with Gasteiger partial charge in [-0.2, -0.15) is 8.78 Å². The van der Waals surface area contributed by atoms with E-state index in [-0.39, 0.29) is 0 Å². The lowest BCUT2D eigenvalue weighted by Gasteiger charge is -1.89. The molecule has 0 heterocycles. The highest BCUT2D eigenvalue weighted by Crippen LogP contribution is 2.08. The molecule has 0 saturated heterocycles. The molecule has 0 nitrogen and oxygen atoms in total. The molecule has 1 aromatic carbocycles. The topological polar surface area (TPSA) is 0 Å². The van der Waals surface area contributed by atoms with E-state index in [0.29, 0.717) is 0 Å². The lowest BCUT2D eigenvalue weighted by Crippen LogP contribution is -1.71. The first kappa shape index (κ1) is 7.92. The Morgan fingerprint density at radius 3 is 2.27 bits per heavy atom. The minimum Gasteiger partial charge on any atom is -0.195 e. The minimum absolute atomic E-state index is 0.778. The Morgan fingerprint density at radius 2 is 1.73 bits per heavy atom. The summed E-state index contributed by atoms with van der Waals surface area (Å²) in [6.07, 6.45) is 0.485. The summed E-state index contributed by atoms with van der Waals surface area (Å²) in [5, 5.41) is 0. The second-order valence-corrected chi connectivity index (χ2v) is 2.03. The number of allylic oxidation sites excluding steroid dienone is 1. The van der Waals surface area contributed by atoms with E-state index >= 15 is 0 Å². The zero-order chi connectivity index (χ0) is 8.10. The van der Waals surface area contributed by atoms with Crippen LogP contribution >= 0.6 is 0 Å². The molecule has 1 aromatic rings. The van der Waals surface area contributed by atoms with Gasteiger partial charge >= 0.3 is 6.43 Å². The highest BCUT2D eigenvalue weighted by Gasteiger charge is 1.95. The maximum Gasteiger partial charge on any atom is 0.332 e. The van der Waals surface area contributed by atoms with E-state index in [4.69, 9.17) is 0 Å². The second kappa shape index (κ2) is 3.86. The van der Waals surface area contributed by atoms with Crippen molar-refractivity contribution < 1.29 is 8.78 Å². The number of hydrogen-bond acceptors (Lipinski definition) is 0. The van der Waals surface area contributed by atoms with Crippen LogP contribution < -0.4 is 0 Å². The summed E-state index contributed by atoms with van der Waals surface area (Å²) >= 11 is 0. The first-order valence-electron chi connectivity index (χ1n) is 3.20. The molecule has 0 saturated carbocycles. The van der Waals surface area contributed by atoms with Gasteiger partial charge in [0.25, 0.3) is 0 Å². The van der Waals surface area contributed by atoms with Crippen molar-refractivity contribution in [1.82, 2.24) is 0 Å². The highest BCUT2D eigenvalue weighted by atomic mass is 19.3. The van der Waals surface area contributed by atoms with Crippen molar-refractivity contribution >= 4 is 6.08 Å². The van der Waals surface area contributed by atoms with Crippen LogP contribution in [0.3, 0.4) is 0 Å². The summed E-state index contributed by atoms with van der Waals surface area (Å²) < 4.78 is 23.1. The Balaban J connectivity index is 2.65. The molecular formula is C9H7F2. The van der Waals surface area contributed by atoms with Gasteiger partial charge < -0.3 is 0 Å². The molecule has 0 spiro atoms. The fourth-order valence-electron chi connectivity index (χ4n) is 0.723. The highest BCUT2D eigenvalue weighted by molar-refractivity contribution is 5.50. The van der Waals surface area contributed by atoms with Gasteiger partial charge in [-0.1, -0.05) is 36.4 Å². The van der Waals surface area contributed by atoms with Gasteiger partial charge in [-0.15, -0.1) is 0 Å². The van der Waals surface area contributed by atoms with E-state index in [1.165, 1.54) is 6.08 Å². The van der Waals surface area contributed by atoms with Crippen molar-refractivity contribution in [2.75, 3.05) is 0 Å². The number of rotatable bonds is 2. The quantitative estimate of drug-likeness (QED) is 0.612. The standard InChI is InChI=1S/C9H7F2/c10-9(11)7-6-8-4-2-1-3-5-8/h1-7H. The molecule has 0 amide bonds. The van der Waals surface area contributed by atoms with Gasteiger partial charge in [0.1, 0.15) is 0 Å². The molecule has 1 radical (unpaired) electrons. The van der Waals surface area contributed by atoms with Crippen LogP contribution in [0.25, 0.3) is 6.08 Å². The van der Waals surface area contributed by atoms with E-state index in [1.54, 1.807) is 24.3 Å². The summed E-state index contributed by atoms with van der Waals surface area (Å²) in [6, 6.07) is 8.97. The lowest BCUT2D eigenvalue weighted by molar-refractivity contribution is 0.334. The summed E-state index contributed by atoms with van der Waals surface area (Å²) in [5.74, 6) is 0. The molecule has 0 unspecified atom stereocenters. The monoisotopic (exact) mass is 153 g/mol. The molecule has 0 N–H and O–H groups in total. The van der Waals surface area contributed by atoms with Gasteiger partial charge in [-0.25, -0.2) is 0 Å². The average Bonchev–Trinajstić information content (AvgIpc) is 2.03. The molecule has 2 heteroatoms. The van der Waals surface area contributed by atoms with Crippen LogP contribution in [0.5, 0.6) is 0 Å². The minimum atomic E-state index is -1.67. The number of hydrogen-bond donors (Lipinski definition) is 0. The van der Waals surface area contributed by atoms with Crippen LogP contribution in [0.4, 0.5) is 8.78 Å². The van der Waals surface area contributed by atoms with Crippen molar-refractivity contribution in [3.8, 4) is 0 Å². The molecule has 0 bridgehead atoms. The maximum absolute atomic E-state index is 11.6.